The molecule has 0 aliphatic carbocycles. The number of ether oxygens (including phenoxy) is 1. The van der Waals surface area contributed by atoms with Gasteiger partial charge in [0.2, 0.25) is 0 Å². The molecule has 0 atom stereocenters. The number of hydrogen-bond donors (Lipinski definition) is 1. The van der Waals surface area contributed by atoms with Crippen LogP contribution in [0.15, 0.2) is 47.9 Å². The fraction of sp³-hybridized carbons (Fsp3) is 0.231. The Labute approximate surface area is 110 Å². The Morgan fingerprint density at radius 3 is 2.89 bits per heavy atom. The largest absolute Gasteiger partial charge is 0.465 e. The van der Waals surface area contributed by atoms with E-state index in [1.165, 1.54) is 17.3 Å². The van der Waals surface area contributed by atoms with Gasteiger partial charge in [0.1, 0.15) is 0 Å². The van der Waals surface area contributed by atoms with Crippen LogP contribution in [0.1, 0.15) is 5.56 Å². The third kappa shape index (κ3) is 4.25. The van der Waals surface area contributed by atoms with Crippen LogP contribution in [0.5, 0.6) is 0 Å². The van der Waals surface area contributed by atoms with Gasteiger partial charge in [-0.05, 0) is 5.56 Å². The minimum atomic E-state index is -0.215. The molecule has 0 saturated heterocycles. The molecule has 18 heavy (non-hydrogen) atoms. The molecule has 0 spiro atoms. The van der Waals surface area contributed by atoms with Crippen molar-refractivity contribution in [3.05, 3.63) is 48.3 Å². The molecule has 0 aliphatic rings. The normalized spacial score (nSPS) is 10.2. The molecular weight excluding hydrogens is 248 g/mol. The summed E-state index contributed by atoms with van der Waals surface area (Å²) in [5.41, 5.74) is 1.17. The second-order valence-electron chi connectivity index (χ2n) is 3.64. The molecule has 2 aromatic rings. The van der Waals surface area contributed by atoms with E-state index in [-0.39, 0.29) is 11.7 Å². The van der Waals surface area contributed by atoms with Crippen LogP contribution in [0.3, 0.4) is 0 Å². The Balaban J connectivity index is 1.63. The molecule has 1 N–H and O–H groups in total. The molecule has 0 bridgehead atoms. The lowest BCUT2D eigenvalue weighted by molar-refractivity contribution is -0.140. The van der Waals surface area contributed by atoms with E-state index in [9.17, 15) is 4.79 Å². The summed E-state index contributed by atoms with van der Waals surface area (Å²) in [7, 11) is 0. The molecular formula is C13H14N2O2S. The summed E-state index contributed by atoms with van der Waals surface area (Å²) in [4.78, 5) is 18.4. The molecule has 1 aromatic carbocycles. The van der Waals surface area contributed by atoms with Crippen molar-refractivity contribution in [2.75, 3.05) is 12.4 Å². The Morgan fingerprint density at radius 1 is 1.33 bits per heavy atom. The first-order valence-corrected chi connectivity index (χ1v) is 6.65. The van der Waals surface area contributed by atoms with Crippen LogP contribution in [0.4, 0.5) is 0 Å². The van der Waals surface area contributed by atoms with Crippen molar-refractivity contribution in [1.82, 2.24) is 9.97 Å². The SMILES string of the molecule is O=C(CSc1ncc[nH]1)OCCc1ccccc1. The number of aromatic amines is 1. The minimum absolute atomic E-state index is 0.215. The van der Waals surface area contributed by atoms with E-state index >= 15 is 0 Å². The number of nitrogens with zero attached hydrogens (tertiary/aromatic N) is 1. The fourth-order valence-electron chi connectivity index (χ4n) is 1.43. The quantitative estimate of drug-likeness (QED) is 0.641. The van der Waals surface area contributed by atoms with Gasteiger partial charge in [0.25, 0.3) is 0 Å². The Morgan fingerprint density at radius 2 is 2.17 bits per heavy atom. The second-order valence-corrected chi connectivity index (χ2v) is 4.60. The molecule has 4 nitrogen and oxygen atoms in total. The molecule has 2 rings (SSSR count). The highest BCUT2D eigenvalue weighted by atomic mass is 32.2. The van der Waals surface area contributed by atoms with E-state index < -0.39 is 0 Å². The van der Waals surface area contributed by atoms with Crippen molar-refractivity contribution in [2.24, 2.45) is 0 Å². The molecule has 0 aliphatic heterocycles. The highest BCUT2D eigenvalue weighted by Gasteiger charge is 2.05. The van der Waals surface area contributed by atoms with Crippen LogP contribution in [0, 0.1) is 0 Å². The number of nitrogens with one attached hydrogen (secondary N) is 1. The van der Waals surface area contributed by atoms with Gasteiger partial charge in [0.15, 0.2) is 5.16 Å². The smallest absolute Gasteiger partial charge is 0.316 e. The summed E-state index contributed by atoms with van der Waals surface area (Å²) >= 11 is 1.34. The standard InChI is InChI=1S/C13H14N2O2S/c16-12(10-18-13-14-7-8-15-13)17-9-6-11-4-2-1-3-5-11/h1-5,7-8H,6,9-10H2,(H,14,15). The molecule has 1 heterocycles. The minimum Gasteiger partial charge on any atom is -0.465 e. The van der Waals surface area contributed by atoms with Gasteiger partial charge in [-0.15, -0.1) is 0 Å². The molecule has 5 heteroatoms. The van der Waals surface area contributed by atoms with Gasteiger partial charge in [0.05, 0.1) is 12.4 Å². The first-order valence-electron chi connectivity index (χ1n) is 5.66. The van der Waals surface area contributed by atoms with Gasteiger partial charge in [0, 0.05) is 18.8 Å². The molecule has 1 aromatic heterocycles. The van der Waals surface area contributed by atoms with Crippen LogP contribution in [0.2, 0.25) is 0 Å². The Bertz CT molecular complexity index is 471. The van der Waals surface area contributed by atoms with E-state index in [1.54, 1.807) is 12.4 Å². The van der Waals surface area contributed by atoms with E-state index in [0.717, 1.165) is 11.6 Å². The van der Waals surface area contributed by atoms with Gasteiger partial charge in [-0.25, -0.2) is 4.98 Å². The number of carbonyl (C=O) groups is 1. The monoisotopic (exact) mass is 262 g/mol. The van der Waals surface area contributed by atoms with Crippen LogP contribution in [-0.2, 0) is 16.0 Å². The predicted molar refractivity (Wildman–Crippen MR) is 70.4 cm³/mol. The number of H-pyrrole nitrogens is 1. The number of benzene rings is 1. The van der Waals surface area contributed by atoms with Gasteiger partial charge < -0.3 is 9.72 Å². The van der Waals surface area contributed by atoms with Gasteiger partial charge >= 0.3 is 5.97 Å². The zero-order valence-electron chi connectivity index (χ0n) is 9.83. The Kier molecular flexibility index (Phi) is 4.84. The summed E-state index contributed by atoms with van der Waals surface area (Å²) in [5.74, 6) is 0.0646. The van der Waals surface area contributed by atoms with Crippen molar-refractivity contribution < 1.29 is 9.53 Å². The average Bonchev–Trinajstić information content (AvgIpc) is 2.91. The highest BCUT2D eigenvalue weighted by molar-refractivity contribution is 7.99. The van der Waals surface area contributed by atoms with E-state index in [1.807, 2.05) is 30.3 Å². The van der Waals surface area contributed by atoms with Crippen LogP contribution in [0.25, 0.3) is 0 Å². The summed E-state index contributed by atoms with van der Waals surface area (Å²) in [6.07, 6.45) is 4.13. The molecule has 0 fully saturated rings. The van der Waals surface area contributed by atoms with Crippen molar-refractivity contribution in [3.8, 4) is 0 Å². The third-order valence-corrected chi connectivity index (χ3v) is 3.17. The van der Waals surface area contributed by atoms with Crippen LogP contribution >= 0.6 is 11.8 Å². The van der Waals surface area contributed by atoms with Gasteiger partial charge in [-0.2, -0.15) is 0 Å². The summed E-state index contributed by atoms with van der Waals surface area (Å²) < 4.78 is 5.14. The number of aromatic nitrogens is 2. The third-order valence-electron chi connectivity index (χ3n) is 2.30. The average molecular weight is 262 g/mol. The number of imidazole rings is 1. The summed E-state index contributed by atoms with van der Waals surface area (Å²) in [6.45, 7) is 0.418. The first kappa shape index (κ1) is 12.7. The summed E-state index contributed by atoms with van der Waals surface area (Å²) in [6, 6.07) is 9.96. The number of thioether (sulfide) groups is 1. The molecule has 0 radical (unpaired) electrons. The second kappa shape index (κ2) is 6.86. The number of carbonyl (C=O) groups excluding carboxylic acids is 1. The summed E-state index contributed by atoms with van der Waals surface area (Å²) in [5, 5.41) is 0.731. The number of esters is 1. The maximum absolute atomic E-state index is 11.4. The van der Waals surface area contributed by atoms with E-state index in [2.05, 4.69) is 9.97 Å². The fourth-order valence-corrected chi connectivity index (χ4v) is 2.05. The van der Waals surface area contributed by atoms with E-state index in [0.29, 0.717) is 6.61 Å². The van der Waals surface area contributed by atoms with Crippen LogP contribution < -0.4 is 0 Å². The molecule has 94 valence electrons. The Hall–Kier alpha value is -1.75. The molecule has 0 amide bonds. The predicted octanol–water partition coefficient (Wildman–Crippen LogP) is 2.29. The maximum Gasteiger partial charge on any atom is 0.316 e. The highest BCUT2D eigenvalue weighted by Crippen LogP contribution is 2.11. The number of hydrogen-bond acceptors (Lipinski definition) is 4. The number of rotatable bonds is 6. The zero-order valence-corrected chi connectivity index (χ0v) is 10.7. The lowest BCUT2D eigenvalue weighted by atomic mass is 10.2. The topological polar surface area (TPSA) is 55.0 Å². The first-order chi connectivity index (χ1) is 8.84. The van der Waals surface area contributed by atoms with Crippen molar-refractivity contribution >= 4 is 17.7 Å². The van der Waals surface area contributed by atoms with Crippen molar-refractivity contribution in [1.29, 1.82) is 0 Å². The lowest BCUT2D eigenvalue weighted by Gasteiger charge is -2.04. The lowest BCUT2D eigenvalue weighted by Crippen LogP contribution is -2.10. The van der Waals surface area contributed by atoms with Crippen LogP contribution in [-0.4, -0.2) is 28.3 Å². The molecule has 0 unspecified atom stereocenters. The molecule has 0 saturated carbocycles. The van der Waals surface area contributed by atoms with Crippen molar-refractivity contribution in [2.45, 2.75) is 11.6 Å². The van der Waals surface area contributed by atoms with Gasteiger partial charge in [-0.3, -0.25) is 4.79 Å². The van der Waals surface area contributed by atoms with Crippen molar-refractivity contribution in [3.63, 3.8) is 0 Å². The maximum atomic E-state index is 11.4. The zero-order chi connectivity index (χ0) is 12.6. The van der Waals surface area contributed by atoms with Gasteiger partial charge in [-0.1, -0.05) is 42.1 Å². The van der Waals surface area contributed by atoms with E-state index in [4.69, 9.17) is 4.74 Å².